The molecule has 4 heteroatoms. The summed E-state index contributed by atoms with van der Waals surface area (Å²) in [6, 6.07) is 6.62. The average Bonchev–Trinajstić information content (AvgIpc) is 2.46. The van der Waals surface area contributed by atoms with Crippen LogP contribution in [-0.4, -0.2) is 20.8 Å². The molecule has 0 radical (unpaired) electrons. The molecule has 112 valence electrons. The van der Waals surface area contributed by atoms with Crippen molar-refractivity contribution in [1.82, 2.24) is 0 Å². The van der Waals surface area contributed by atoms with E-state index in [1.165, 1.54) is 6.26 Å². The highest BCUT2D eigenvalue weighted by Crippen LogP contribution is 2.12. The molecular formula is C17H20O3S. The maximum atomic E-state index is 11.4. The van der Waals surface area contributed by atoms with Crippen molar-refractivity contribution in [2.45, 2.75) is 31.0 Å². The molecule has 0 fully saturated rings. The molecule has 0 heterocycles. The van der Waals surface area contributed by atoms with Gasteiger partial charge in [-0.2, -0.15) is 0 Å². The van der Waals surface area contributed by atoms with Crippen LogP contribution in [0.1, 0.15) is 18.9 Å². The summed E-state index contributed by atoms with van der Waals surface area (Å²) in [5.41, 5.74) is 0.889. The van der Waals surface area contributed by atoms with Crippen LogP contribution in [0.5, 0.6) is 0 Å². The van der Waals surface area contributed by atoms with Crippen molar-refractivity contribution < 1.29 is 13.2 Å². The van der Waals surface area contributed by atoms with Crippen LogP contribution < -0.4 is 0 Å². The van der Waals surface area contributed by atoms with E-state index >= 15 is 0 Å². The molecule has 1 atom stereocenters. The summed E-state index contributed by atoms with van der Waals surface area (Å²) in [5, 5.41) is 0. The van der Waals surface area contributed by atoms with Gasteiger partial charge in [-0.1, -0.05) is 42.4 Å². The highest BCUT2D eigenvalue weighted by molar-refractivity contribution is 7.90. The zero-order valence-corrected chi connectivity index (χ0v) is 13.1. The van der Waals surface area contributed by atoms with Crippen molar-refractivity contribution in [3.63, 3.8) is 0 Å². The number of sulfone groups is 1. The van der Waals surface area contributed by atoms with Gasteiger partial charge in [0.25, 0.3) is 0 Å². The van der Waals surface area contributed by atoms with E-state index in [2.05, 4.69) is 5.92 Å². The Morgan fingerprint density at radius 1 is 1.29 bits per heavy atom. The van der Waals surface area contributed by atoms with E-state index in [4.69, 9.17) is 11.2 Å². The van der Waals surface area contributed by atoms with Crippen LogP contribution >= 0.6 is 0 Å². The van der Waals surface area contributed by atoms with Gasteiger partial charge in [0.1, 0.15) is 6.10 Å². The lowest BCUT2D eigenvalue weighted by molar-refractivity contribution is 0.0802. The fourth-order valence-corrected chi connectivity index (χ4v) is 2.24. The van der Waals surface area contributed by atoms with Gasteiger partial charge in [-0.05, 0) is 24.6 Å². The number of hydrogen-bond donors (Lipinski definition) is 0. The van der Waals surface area contributed by atoms with Gasteiger partial charge in [0.15, 0.2) is 9.84 Å². The molecule has 0 N–H and O–H groups in total. The summed E-state index contributed by atoms with van der Waals surface area (Å²) < 4.78 is 28.3. The van der Waals surface area contributed by atoms with E-state index in [-0.39, 0.29) is 6.10 Å². The predicted octanol–water partition coefficient (Wildman–Crippen LogP) is 3.13. The normalized spacial score (nSPS) is 13.6. The molecular weight excluding hydrogens is 284 g/mol. The third-order valence-electron chi connectivity index (χ3n) is 2.78. The highest BCUT2D eigenvalue weighted by Gasteiger charge is 2.07. The third-order valence-corrected chi connectivity index (χ3v) is 3.91. The van der Waals surface area contributed by atoms with Crippen LogP contribution in [0.4, 0.5) is 0 Å². The van der Waals surface area contributed by atoms with E-state index in [1.807, 2.05) is 31.2 Å². The smallest absolute Gasteiger partial charge is 0.175 e. The van der Waals surface area contributed by atoms with Crippen LogP contribution in [0.3, 0.4) is 0 Å². The number of terminal acetylenes is 1. The highest BCUT2D eigenvalue weighted by atomic mass is 32.2. The van der Waals surface area contributed by atoms with E-state index in [1.54, 1.807) is 24.3 Å². The molecule has 0 aliphatic heterocycles. The lowest BCUT2D eigenvalue weighted by atomic mass is 10.2. The number of hydrogen-bond acceptors (Lipinski definition) is 3. The Labute approximate surface area is 127 Å². The standard InChI is InChI=1S/C17H20O3S/c1-4-6-7-8-9-16(5-2)20-14-15-10-12-17(13-11-15)21(3,18)19/h2,4,6-8,10-13,16H,9,14H2,1,3H3/b6-4-,8-7?. The summed E-state index contributed by atoms with van der Waals surface area (Å²) in [7, 11) is -3.16. The molecule has 0 saturated carbocycles. The lowest BCUT2D eigenvalue weighted by Crippen LogP contribution is -2.09. The largest absolute Gasteiger partial charge is 0.361 e. The Balaban J connectivity index is 2.56. The van der Waals surface area contributed by atoms with Gasteiger partial charge in [-0.25, -0.2) is 8.42 Å². The Kier molecular flexibility index (Phi) is 6.93. The van der Waals surface area contributed by atoms with Gasteiger partial charge >= 0.3 is 0 Å². The average molecular weight is 304 g/mol. The Morgan fingerprint density at radius 3 is 2.48 bits per heavy atom. The summed E-state index contributed by atoms with van der Waals surface area (Å²) >= 11 is 0. The van der Waals surface area contributed by atoms with Crippen LogP contribution in [0, 0.1) is 12.3 Å². The van der Waals surface area contributed by atoms with E-state index in [0.717, 1.165) is 5.56 Å². The van der Waals surface area contributed by atoms with Crippen molar-refractivity contribution in [1.29, 1.82) is 0 Å². The van der Waals surface area contributed by atoms with Gasteiger partial charge in [-0.15, -0.1) is 6.42 Å². The fourth-order valence-electron chi connectivity index (χ4n) is 1.61. The number of allylic oxidation sites excluding steroid dienone is 3. The van der Waals surface area contributed by atoms with Crippen LogP contribution in [0.25, 0.3) is 0 Å². The summed E-state index contributed by atoms with van der Waals surface area (Å²) in [6.07, 6.45) is 14.7. The van der Waals surface area contributed by atoms with Crippen LogP contribution in [0.15, 0.2) is 53.5 Å². The Hall–Kier alpha value is -1.83. The van der Waals surface area contributed by atoms with Crippen molar-refractivity contribution in [3.05, 3.63) is 54.1 Å². The number of rotatable bonds is 7. The van der Waals surface area contributed by atoms with Gasteiger partial charge in [0.05, 0.1) is 11.5 Å². The Bertz CT molecular complexity index is 632. The zero-order valence-electron chi connectivity index (χ0n) is 12.3. The minimum Gasteiger partial charge on any atom is -0.361 e. The molecule has 0 aliphatic carbocycles. The predicted molar refractivity (Wildman–Crippen MR) is 85.5 cm³/mol. The summed E-state index contributed by atoms with van der Waals surface area (Å²) in [4.78, 5) is 0.300. The third kappa shape index (κ3) is 6.44. The number of ether oxygens (including phenoxy) is 1. The maximum absolute atomic E-state index is 11.4. The maximum Gasteiger partial charge on any atom is 0.175 e. The van der Waals surface area contributed by atoms with Crippen LogP contribution in [0.2, 0.25) is 0 Å². The minimum atomic E-state index is -3.16. The molecule has 0 spiro atoms. The molecule has 1 aromatic rings. The Morgan fingerprint density at radius 2 is 1.95 bits per heavy atom. The van der Waals surface area contributed by atoms with Gasteiger partial charge in [-0.3, -0.25) is 0 Å². The SMILES string of the molecule is C#CC(CC=C/C=C\C)OCc1ccc(S(C)(=O)=O)cc1. The van der Waals surface area contributed by atoms with Crippen molar-refractivity contribution in [2.24, 2.45) is 0 Å². The first-order valence-electron chi connectivity index (χ1n) is 6.62. The summed E-state index contributed by atoms with van der Waals surface area (Å²) in [6.45, 7) is 2.30. The number of benzene rings is 1. The van der Waals surface area contributed by atoms with Crippen molar-refractivity contribution in [2.75, 3.05) is 6.26 Å². The molecule has 3 nitrogen and oxygen atoms in total. The second kappa shape index (κ2) is 8.46. The quantitative estimate of drug-likeness (QED) is 0.574. The van der Waals surface area contributed by atoms with Gasteiger partial charge in [0.2, 0.25) is 0 Å². The topological polar surface area (TPSA) is 43.4 Å². The van der Waals surface area contributed by atoms with Gasteiger partial charge in [0, 0.05) is 12.7 Å². The summed E-state index contributed by atoms with van der Waals surface area (Å²) in [5.74, 6) is 2.59. The molecule has 1 rings (SSSR count). The first-order chi connectivity index (χ1) is 9.97. The minimum absolute atomic E-state index is 0.291. The molecule has 0 saturated heterocycles. The molecule has 21 heavy (non-hydrogen) atoms. The molecule has 0 bridgehead atoms. The van der Waals surface area contributed by atoms with Gasteiger partial charge < -0.3 is 4.74 Å². The molecule has 0 amide bonds. The second-order valence-corrected chi connectivity index (χ2v) is 6.59. The molecule has 0 aliphatic rings. The molecule has 1 unspecified atom stereocenters. The fraction of sp³-hybridized carbons (Fsp3) is 0.294. The first-order valence-corrected chi connectivity index (χ1v) is 8.51. The van der Waals surface area contributed by atoms with E-state index in [9.17, 15) is 8.42 Å². The second-order valence-electron chi connectivity index (χ2n) is 4.57. The van der Waals surface area contributed by atoms with Crippen LogP contribution in [-0.2, 0) is 21.2 Å². The first kappa shape index (κ1) is 17.2. The molecule has 0 aromatic heterocycles. The molecule has 1 aromatic carbocycles. The monoisotopic (exact) mass is 304 g/mol. The van der Waals surface area contributed by atoms with E-state index in [0.29, 0.717) is 17.9 Å². The van der Waals surface area contributed by atoms with Crippen molar-refractivity contribution in [3.8, 4) is 12.3 Å². The van der Waals surface area contributed by atoms with E-state index < -0.39 is 9.84 Å². The zero-order chi connectivity index (χ0) is 15.7. The van der Waals surface area contributed by atoms with Crippen molar-refractivity contribution >= 4 is 9.84 Å². The lowest BCUT2D eigenvalue weighted by Gasteiger charge is -2.10.